The van der Waals surface area contributed by atoms with Crippen molar-refractivity contribution in [1.82, 2.24) is 0 Å². The van der Waals surface area contributed by atoms with Gasteiger partial charge in [0.25, 0.3) is 0 Å². The van der Waals surface area contributed by atoms with Crippen molar-refractivity contribution in [1.29, 1.82) is 0 Å². The lowest BCUT2D eigenvalue weighted by Gasteiger charge is -2.44. The van der Waals surface area contributed by atoms with Crippen LogP contribution in [0.3, 0.4) is 0 Å². The molecule has 0 aromatic carbocycles. The summed E-state index contributed by atoms with van der Waals surface area (Å²) in [6.45, 7) is 4.32. The molecule has 0 spiro atoms. The van der Waals surface area contributed by atoms with Gasteiger partial charge < -0.3 is 0 Å². The second kappa shape index (κ2) is 11.1. The lowest BCUT2D eigenvalue weighted by atomic mass is 9.62. The Kier molecular flexibility index (Phi) is 9.48. The largest absolute Gasteiger partial charge is 0.394 e. The Balaban J connectivity index is 1.76. The minimum Gasteiger partial charge on any atom is -0.171 e. The summed E-state index contributed by atoms with van der Waals surface area (Å²) < 4.78 is 41.5. The third-order valence-corrected chi connectivity index (χ3v) is 7.87. The molecule has 27 heavy (non-hydrogen) atoms. The quantitative estimate of drug-likeness (QED) is 0.327. The molecular formula is C24H43F3. The summed E-state index contributed by atoms with van der Waals surface area (Å²) in [5, 5.41) is 0. The van der Waals surface area contributed by atoms with Gasteiger partial charge in [0.05, 0.1) is 5.41 Å². The second-order valence-corrected chi connectivity index (χ2v) is 9.70. The van der Waals surface area contributed by atoms with Gasteiger partial charge in [-0.25, -0.2) is 0 Å². The van der Waals surface area contributed by atoms with Crippen molar-refractivity contribution in [3.63, 3.8) is 0 Å². The van der Waals surface area contributed by atoms with Gasteiger partial charge in [-0.3, -0.25) is 0 Å². The molecule has 2 rings (SSSR count). The molecule has 0 aromatic heterocycles. The van der Waals surface area contributed by atoms with Gasteiger partial charge in [0, 0.05) is 0 Å². The molecule has 0 atom stereocenters. The number of halogens is 3. The fourth-order valence-electron chi connectivity index (χ4n) is 5.86. The van der Waals surface area contributed by atoms with E-state index in [-0.39, 0.29) is 0 Å². The van der Waals surface area contributed by atoms with Crippen molar-refractivity contribution in [3.8, 4) is 0 Å². The summed E-state index contributed by atoms with van der Waals surface area (Å²) in [5.74, 6) is 2.16. The van der Waals surface area contributed by atoms with Crippen LogP contribution < -0.4 is 0 Å². The molecule has 2 aliphatic carbocycles. The molecule has 0 aliphatic heterocycles. The van der Waals surface area contributed by atoms with E-state index < -0.39 is 11.6 Å². The zero-order valence-corrected chi connectivity index (χ0v) is 17.9. The Morgan fingerprint density at radius 1 is 0.704 bits per heavy atom. The van der Waals surface area contributed by atoms with Crippen LogP contribution in [0.5, 0.6) is 0 Å². The van der Waals surface area contributed by atoms with Crippen LogP contribution in [0.2, 0.25) is 0 Å². The SMILES string of the molecule is CCCCCCC1CCC([C@H]2CC[C@@](CCCCC)(C(F)(F)F)CC2)CC1. The number of hydrogen-bond donors (Lipinski definition) is 0. The van der Waals surface area contributed by atoms with E-state index in [4.69, 9.17) is 0 Å². The highest BCUT2D eigenvalue weighted by Gasteiger charge is 2.55. The smallest absolute Gasteiger partial charge is 0.171 e. The third-order valence-electron chi connectivity index (χ3n) is 7.87. The molecule has 0 saturated heterocycles. The highest BCUT2D eigenvalue weighted by atomic mass is 19.4. The third kappa shape index (κ3) is 6.67. The van der Waals surface area contributed by atoms with Gasteiger partial charge in [0.2, 0.25) is 0 Å². The predicted molar refractivity (Wildman–Crippen MR) is 109 cm³/mol. The summed E-state index contributed by atoms with van der Waals surface area (Å²) in [7, 11) is 0. The number of unbranched alkanes of at least 4 members (excludes halogenated alkanes) is 5. The Hall–Kier alpha value is -0.210. The van der Waals surface area contributed by atoms with E-state index in [1.54, 1.807) is 0 Å². The van der Waals surface area contributed by atoms with Gasteiger partial charge in [-0.2, -0.15) is 13.2 Å². The van der Waals surface area contributed by atoms with Crippen molar-refractivity contribution in [2.75, 3.05) is 0 Å². The number of alkyl halides is 3. The Bertz CT molecular complexity index is 385. The molecular weight excluding hydrogens is 345 g/mol. The zero-order chi connectivity index (χ0) is 19.8. The molecule has 3 heteroatoms. The molecule has 0 heterocycles. The number of hydrogen-bond acceptors (Lipinski definition) is 0. The zero-order valence-electron chi connectivity index (χ0n) is 17.9. The van der Waals surface area contributed by atoms with Gasteiger partial charge in [-0.1, -0.05) is 78.1 Å². The first-order valence-electron chi connectivity index (χ1n) is 12.0. The minimum atomic E-state index is -4.01. The standard InChI is InChI=1S/C24H43F3/c1-3-5-7-8-10-20-11-13-21(14-12-20)22-15-18-23(19-16-22,24(25,26)27)17-9-6-4-2/h20-22H,3-19H2,1-2H3/t20?,21?,22-,23+. The van der Waals surface area contributed by atoms with Gasteiger partial charge >= 0.3 is 6.18 Å². The molecule has 0 amide bonds. The van der Waals surface area contributed by atoms with E-state index in [0.29, 0.717) is 31.1 Å². The molecule has 0 radical (unpaired) electrons. The van der Waals surface area contributed by atoms with E-state index >= 15 is 0 Å². The number of rotatable bonds is 10. The minimum absolute atomic E-state index is 0.363. The van der Waals surface area contributed by atoms with E-state index in [2.05, 4.69) is 13.8 Å². The molecule has 0 bridgehead atoms. The second-order valence-electron chi connectivity index (χ2n) is 9.70. The predicted octanol–water partition coefficient (Wildman–Crippen LogP) is 9.08. The summed E-state index contributed by atoms with van der Waals surface area (Å²) in [5.41, 5.74) is -1.37. The molecule has 0 nitrogen and oxygen atoms in total. The maximum Gasteiger partial charge on any atom is 0.394 e. The highest BCUT2D eigenvalue weighted by Crippen LogP contribution is 2.55. The molecule has 0 aromatic rings. The Labute approximate surface area is 166 Å². The van der Waals surface area contributed by atoms with Crippen LogP contribution >= 0.6 is 0 Å². The van der Waals surface area contributed by atoms with Crippen LogP contribution in [0.15, 0.2) is 0 Å². The van der Waals surface area contributed by atoms with Crippen LogP contribution in [0.25, 0.3) is 0 Å². The van der Waals surface area contributed by atoms with E-state index in [1.807, 2.05) is 0 Å². The van der Waals surface area contributed by atoms with Crippen LogP contribution in [0.4, 0.5) is 13.2 Å². The van der Waals surface area contributed by atoms with Crippen molar-refractivity contribution in [2.45, 2.75) is 129 Å². The lowest BCUT2D eigenvalue weighted by Crippen LogP contribution is -2.42. The average Bonchev–Trinajstić information content (AvgIpc) is 2.66. The first-order valence-corrected chi connectivity index (χ1v) is 12.0. The highest BCUT2D eigenvalue weighted by molar-refractivity contribution is 4.93. The van der Waals surface area contributed by atoms with Crippen LogP contribution in [0.1, 0.15) is 123 Å². The molecule has 2 saturated carbocycles. The first kappa shape index (κ1) is 23.1. The first-order chi connectivity index (χ1) is 12.9. The normalized spacial score (nSPS) is 32.6. The summed E-state index contributed by atoms with van der Waals surface area (Å²) in [6.07, 6.45) is 13.4. The average molecular weight is 389 g/mol. The van der Waals surface area contributed by atoms with Crippen molar-refractivity contribution < 1.29 is 13.2 Å². The van der Waals surface area contributed by atoms with Gasteiger partial charge in [0.15, 0.2) is 0 Å². The van der Waals surface area contributed by atoms with Gasteiger partial charge in [-0.15, -0.1) is 0 Å². The summed E-state index contributed by atoms with van der Waals surface area (Å²) in [4.78, 5) is 0. The Morgan fingerprint density at radius 2 is 1.26 bits per heavy atom. The molecule has 2 fully saturated rings. The van der Waals surface area contributed by atoms with Crippen LogP contribution in [-0.2, 0) is 0 Å². The van der Waals surface area contributed by atoms with Gasteiger partial charge in [0.1, 0.15) is 0 Å². The van der Waals surface area contributed by atoms with Crippen molar-refractivity contribution >= 4 is 0 Å². The van der Waals surface area contributed by atoms with E-state index in [9.17, 15) is 13.2 Å². The van der Waals surface area contributed by atoms with E-state index in [0.717, 1.165) is 38.0 Å². The van der Waals surface area contributed by atoms with E-state index in [1.165, 1.54) is 57.8 Å². The molecule has 0 N–H and O–H groups in total. The van der Waals surface area contributed by atoms with Crippen molar-refractivity contribution in [3.05, 3.63) is 0 Å². The van der Waals surface area contributed by atoms with Gasteiger partial charge in [-0.05, 0) is 62.7 Å². The summed E-state index contributed by atoms with van der Waals surface area (Å²) >= 11 is 0. The van der Waals surface area contributed by atoms with Crippen LogP contribution in [0, 0.1) is 23.2 Å². The topological polar surface area (TPSA) is 0 Å². The molecule has 0 unspecified atom stereocenters. The monoisotopic (exact) mass is 388 g/mol. The fraction of sp³-hybridized carbons (Fsp3) is 1.00. The molecule has 160 valence electrons. The fourth-order valence-corrected chi connectivity index (χ4v) is 5.86. The Morgan fingerprint density at radius 3 is 1.81 bits per heavy atom. The maximum absolute atomic E-state index is 13.8. The molecule has 2 aliphatic rings. The van der Waals surface area contributed by atoms with Crippen molar-refractivity contribution in [2.24, 2.45) is 23.2 Å². The summed E-state index contributed by atoms with van der Waals surface area (Å²) in [6, 6.07) is 0. The van der Waals surface area contributed by atoms with Crippen LogP contribution in [-0.4, -0.2) is 6.18 Å². The lowest BCUT2D eigenvalue weighted by molar-refractivity contribution is -0.241. The maximum atomic E-state index is 13.8.